The molecule has 18 heavy (non-hydrogen) atoms. The standard InChI is InChI=1S/C14H13N3S/c15-12(14-8-16-9-18-14)7-10-5-6-17-13-4-2-1-3-11(10)13/h1-6,8-9,12H,7,15H2. The molecule has 0 radical (unpaired) electrons. The van der Waals surface area contributed by atoms with Crippen molar-refractivity contribution in [2.75, 3.05) is 0 Å². The number of benzene rings is 1. The molecule has 0 spiro atoms. The van der Waals surface area contributed by atoms with Gasteiger partial charge < -0.3 is 5.73 Å². The Morgan fingerprint density at radius 2 is 2.11 bits per heavy atom. The number of hydrogen-bond donors (Lipinski definition) is 1. The molecule has 3 rings (SSSR count). The second-order valence-electron chi connectivity index (χ2n) is 4.20. The van der Waals surface area contributed by atoms with Gasteiger partial charge in [-0.1, -0.05) is 18.2 Å². The third-order valence-electron chi connectivity index (χ3n) is 3.00. The van der Waals surface area contributed by atoms with E-state index < -0.39 is 0 Å². The van der Waals surface area contributed by atoms with Gasteiger partial charge in [-0.25, -0.2) is 0 Å². The minimum absolute atomic E-state index is 0.00306. The van der Waals surface area contributed by atoms with Crippen molar-refractivity contribution in [1.82, 2.24) is 9.97 Å². The van der Waals surface area contributed by atoms with Gasteiger partial charge in [0.05, 0.1) is 11.0 Å². The number of aromatic nitrogens is 2. The van der Waals surface area contributed by atoms with Crippen molar-refractivity contribution in [2.24, 2.45) is 5.73 Å². The Balaban J connectivity index is 1.95. The van der Waals surface area contributed by atoms with Crippen molar-refractivity contribution < 1.29 is 0 Å². The van der Waals surface area contributed by atoms with Gasteiger partial charge in [0.25, 0.3) is 0 Å². The largest absolute Gasteiger partial charge is 0.323 e. The minimum atomic E-state index is 0.00306. The van der Waals surface area contributed by atoms with Crippen LogP contribution in [0.4, 0.5) is 0 Å². The van der Waals surface area contributed by atoms with Crippen LogP contribution in [0, 0.1) is 0 Å². The van der Waals surface area contributed by atoms with Crippen LogP contribution in [0.3, 0.4) is 0 Å². The van der Waals surface area contributed by atoms with E-state index in [2.05, 4.69) is 16.0 Å². The number of para-hydroxylation sites is 1. The maximum Gasteiger partial charge on any atom is 0.0794 e. The van der Waals surface area contributed by atoms with Crippen LogP contribution in [-0.2, 0) is 6.42 Å². The lowest BCUT2D eigenvalue weighted by molar-refractivity contribution is 0.738. The van der Waals surface area contributed by atoms with Crippen molar-refractivity contribution in [3.8, 4) is 0 Å². The Morgan fingerprint density at radius 1 is 1.22 bits per heavy atom. The van der Waals surface area contributed by atoms with Gasteiger partial charge in [0.2, 0.25) is 0 Å². The molecule has 90 valence electrons. The normalized spacial score (nSPS) is 12.7. The molecule has 0 amide bonds. The highest BCUT2D eigenvalue weighted by molar-refractivity contribution is 7.09. The highest BCUT2D eigenvalue weighted by Gasteiger charge is 2.10. The Hall–Kier alpha value is -1.78. The number of pyridine rings is 1. The summed E-state index contributed by atoms with van der Waals surface area (Å²) >= 11 is 1.60. The first-order valence-corrected chi connectivity index (χ1v) is 6.69. The molecule has 0 aliphatic carbocycles. The zero-order chi connectivity index (χ0) is 12.4. The number of nitrogens with zero attached hydrogens (tertiary/aromatic N) is 2. The van der Waals surface area contributed by atoms with Gasteiger partial charge in [0.15, 0.2) is 0 Å². The van der Waals surface area contributed by atoms with Gasteiger partial charge in [-0.3, -0.25) is 9.97 Å². The summed E-state index contributed by atoms with van der Waals surface area (Å²) in [5.74, 6) is 0. The van der Waals surface area contributed by atoms with Crippen LogP contribution >= 0.6 is 11.3 Å². The third kappa shape index (κ3) is 2.12. The summed E-state index contributed by atoms with van der Waals surface area (Å²) in [6.07, 6.45) is 4.50. The van der Waals surface area contributed by atoms with E-state index in [0.29, 0.717) is 0 Å². The number of rotatable bonds is 3. The van der Waals surface area contributed by atoms with E-state index in [9.17, 15) is 0 Å². The quantitative estimate of drug-likeness (QED) is 0.783. The fraction of sp³-hybridized carbons (Fsp3) is 0.143. The number of thiazole rings is 1. The summed E-state index contributed by atoms with van der Waals surface area (Å²) in [6.45, 7) is 0. The topological polar surface area (TPSA) is 51.8 Å². The summed E-state index contributed by atoms with van der Waals surface area (Å²) in [6, 6.07) is 10.2. The molecule has 2 N–H and O–H groups in total. The Kier molecular flexibility index (Phi) is 3.04. The molecule has 0 fully saturated rings. The first-order chi connectivity index (χ1) is 8.84. The number of fused-ring (bicyclic) bond motifs is 1. The van der Waals surface area contributed by atoms with Crippen LogP contribution in [0.2, 0.25) is 0 Å². The first-order valence-electron chi connectivity index (χ1n) is 5.81. The molecule has 1 atom stereocenters. The second-order valence-corrected chi connectivity index (χ2v) is 5.12. The molecule has 0 saturated heterocycles. The van der Waals surface area contributed by atoms with Crippen molar-refractivity contribution >= 4 is 22.2 Å². The van der Waals surface area contributed by atoms with Gasteiger partial charge in [0, 0.05) is 28.7 Å². The monoisotopic (exact) mass is 255 g/mol. The van der Waals surface area contributed by atoms with Crippen LogP contribution in [0.25, 0.3) is 10.9 Å². The predicted molar refractivity (Wildman–Crippen MR) is 74.5 cm³/mol. The zero-order valence-corrected chi connectivity index (χ0v) is 10.6. The van der Waals surface area contributed by atoms with Crippen LogP contribution in [-0.4, -0.2) is 9.97 Å². The maximum absolute atomic E-state index is 6.21. The lowest BCUT2D eigenvalue weighted by Gasteiger charge is -2.11. The van der Waals surface area contributed by atoms with Crippen molar-refractivity contribution in [3.63, 3.8) is 0 Å². The Bertz CT molecular complexity index is 644. The van der Waals surface area contributed by atoms with Gasteiger partial charge >= 0.3 is 0 Å². The Labute approximate surface area is 109 Å². The lowest BCUT2D eigenvalue weighted by atomic mass is 10.0. The van der Waals surface area contributed by atoms with Gasteiger partial charge in [-0.15, -0.1) is 11.3 Å². The van der Waals surface area contributed by atoms with E-state index in [1.54, 1.807) is 11.3 Å². The van der Waals surface area contributed by atoms with Crippen LogP contribution in [0.1, 0.15) is 16.5 Å². The van der Waals surface area contributed by atoms with Crippen LogP contribution in [0.5, 0.6) is 0 Å². The van der Waals surface area contributed by atoms with E-state index >= 15 is 0 Å². The molecular weight excluding hydrogens is 242 g/mol. The van der Waals surface area contributed by atoms with E-state index in [0.717, 1.165) is 16.8 Å². The molecule has 2 aromatic heterocycles. The van der Waals surface area contributed by atoms with Crippen molar-refractivity contribution in [3.05, 3.63) is 58.7 Å². The average molecular weight is 255 g/mol. The molecule has 4 heteroatoms. The average Bonchev–Trinajstić information content (AvgIpc) is 2.93. The SMILES string of the molecule is NC(Cc1ccnc2ccccc12)c1cncs1. The first kappa shape index (κ1) is 11.3. The molecule has 3 aromatic rings. The van der Waals surface area contributed by atoms with Gasteiger partial charge in [0.1, 0.15) is 0 Å². The smallest absolute Gasteiger partial charge is 0.0794 e. The van der Waals surface area contributed by atoms with E-state index in [1.165, 1.54) is 10.9 Å². The number of hydrogen-bond acceptors (Lipinski definition) is 4. The van der Waals surface area contributed by atoms with E-state index in [4.69, 9.17) is 5.73 Å². The molecule has 1 unspecified atom stereocenters. The molecule has 0 aliphatic heterocycles. The third-order valence-corrected chi connectivity index (χ3v) is 3.90. The highest BCUT2D eigenvalue weighted by atomic mass is 32.1. The van der Waals surface area contributed by atoms with E-state index in [1.807, 2.05) is 42.2 Å². The molecule has 0 bridgehead atoms. The predicted octanol–water partition coefficient (Wildman–Crippen LogP) is 2.93. The summed E-state index contributed by atoms with van der Waals surface area (Å²) in [4.78, 5) is 9.56. The summed E-state index contributed by atoms with van der Waals surface area (Å²) in [5, 5.41) is 1.18. The molecule has 0 saturated carbocycles. The van der Waals surface area contributed by atoms with Gasteiger partial charge in [-0.05, 0) is 24.1 Å². The fourth-order valence-corrected chi connectivity index (χ4v) is 2.70. The molecular formula is C14H13N3S. The highest BCUT2D eigenvalue weighted by Crippen LogP contribution is 2.23. The lowest BCUT2D eigenvalue weighted by Crippen LogP contribution is -2.12. The fourth-order valence-electron chi connectivity index (χ4n) is 2.08. The summed E-state index contributed by atoms with van der Waals surface area (Å²) in [5.41, 5.74) is 10.3. The van der Waals surface area contributed by atoms with Crippen LogP contribution < -0.4 is 5.73 Å². The molecule has 2 heterocycles. The second kappa shape index (κ2) is 4.84. The minimum Gasteiger partial charge on any atom is -0.323 e. The van der Waals surface area contributed by atoms with Crippen LogP contribution in [0.15, 0.2) is 48.2 Å². The molecule has 1 aromatic carbocycles. The zero-order valence-electron chi connectivity index (χ0n) is 9.78. The Morgan fingerprint density at radius 3 is 2.94 bits per heavy atom. The maximum atomic E-state index is 6.21. The van der Waals surface area contributed by atoms with Gasteiger partial charge in [-0.2, -0.15) is 0 Å². The van der Waals surface area contributed by atoms with E-state index in [-0.39, 0.29) is 6.04 Å². The summed E-state index contributed by atoms with van der Waals surface area (Å²) in [7, 11) is 0. The van der Waals surface area contributed by atoms with Crippen molar-refractivity contribution in [2.45, 2.75) is 12.5 Å². The molecule has 3 nitrogen and oxygen atoms in total. The van der Waals surface area contributed by atoms with Crippen molar-refractivity contribution in [1.29, 1.82) is 0 Å². The summed E-state index contributed by atoms with van der Waals surface area (Å²) < 4.78 is 0. The molecule has 0 aliphatic rings. The number of nitrogens with two attached hydrogens (primary N) is 1.